The molecule has 1 unspecified atom stereocenters. The van der Waals surface area contributed by atoms with Crippen molar-refractivity contribution in [3.8, 4) is 0 Å². The lowest BCUT2D eigenvalue weighted by molar-refractivity contribution is -0.143. The highest BCUT2D eigenvalue weighted by Crippen LogP contribution is 2.18. The van der Waals surface area contributed by atoms with Crippen molar-refractivity contribution in [2.45, 2.75) is 102 Å². The minimum Gasteiger partial charge on any atom is -0.466 e. The van der Waals surface area contributed by atoms with Crippen LogP contribution in [0.15, 0.2) is 12.2 Å². The second-order valence-corrected chi connectivity index (χ2v) is 6.93. The van der Waals surface area contributed by atoms with Crippen molar-refractivity contribution in [1.82, 2.24) is 0 Å². The molecule has 0 aromatic rings. The molecule has 1 rings (SSSR count). The van der Waals surface area contributed by atoms with Crippen LogP contribution in [0.3, 0.4) is 0 Å². The molecule has 0 aliphatic carbocycles. The summed E-state index contributed by atoms with van der Waals surface area (Å²) in [6.45, 7) is 4.64. The van der Waals surface area contributed by atoms with E-state index in [1.54, 1.807) is 0 Å². The zero-order chi connectivity index (χ0) is 16.8. The summed E-state index contributed by atoms with van der Waals surface area (Å²) in [7, 11) is 0. The lowest BCUT2D eigenvalue weighted by Gasteiger charge is -2.14. The second kappa shape index (κ2) is 13.6. The first-order valence-corrected chi connectivity index (χ1v) is 9.71. The molecule has 0 bridgehead atoms. The minimum absolute atomic E-state index is 0.0268. The van der Waals surface area contributed by atoms with Crippen molar-refractivity contribution in [2.75, 3.05) is 6.61 Å². The quantitative estimate of drug-likeness (QED) is 0.485. The van der Waals surface area contributed by atoms with E-state index in [0.29, 0.717) is 13.0 Å². The van der Waals surface area contributed by atoms with Gasteiger partial charge in [0.25, 0.3) is 0 Å². The highest BCUT2D eigenvalue weighted by molar-refractivity contribution is 5.69. The third-order valence-corrected chi connectivity index (χ3v) is 4.73. The predicted octanol–water partition coefficient (Wildman–Crippen LogP) is 5.31. The molecule has 3 nitrogen and oxygen atoms in total. The molecule has 0 aromatic carbocycles. The van der Waals surface area contributed by atoms with Crippen molar-refractivity contribution in [3.63, 3.8) is 0 Å². The van der Waals surface area contributed by atoms with E-state index < -0.39 is 0 Å². The van der Waals surface area contributed by atoms with Crippen molar-refractivity contribution in [2.24, 2.45) is 0 Å². The fourth-order valence-electron chi connectivity index (χ4n) is 3.10. The number of ether oxygens (including phenoxy) is 1. The maximum Gasteiger partial charge on any atom is 0.305 e. The summed E-state index contributed by atoms with van der Waals surface area (Å²) in [6, 6.07) is 0. The van der Waals surface area contributed by atoms with E-state index in [1.807, 2.05) is 0 Å². The van der Waals surface area contributed by atoms with Gasteiger partial charge < -0.3 is 9.84 Å². The molecule has 1 N–H and O–H groups in total. The van der Waals surface area contributed by atoms with Crippen LogP contribution in [0, 0.1) is 0 Å². The van der Waals surface area contributed by atoms with Gasteiger partial charge in [-0.15, -0.1) is 0 Å². The van der Waals surface area contributed by atoms with Crippen molar-refractivity contribution < 1.29 is 14.6 Å². The second-order valence-electron chi connectivity index (χ2n) is 6.93. The predicted molar refractivity (Wildman–Crippen MR) is 95.4 cm³/mol. The zero-order valence-corrected chi connectivity index (χ0v) is 14.9. The van der Waals surface area contributed by atoms with Gasteiger partial charge in [0.1, 0.15) is 0 Å². The molecule has 0 aromatic heterocycles. The number of aliphatic hydroxyl groups is 1. The average Bonchev–Trinajstić information content (AvgIpc) is 2.54. The highest BCUT2D eigenvalue weighted by Gasteiger charge is 2.08. The minimum atomic E-state index is -0.310. The Bertz CT molecular complexity index is 325. The van der Waals surface area contributed by atoms with Crippen LogP contribution in [0.5, 0.6) is 0 Å². The van der Waals surface area contributed by atoms with E-state index in [2.05, 4.69) is 6.58 Å². The summed E-state index contributed by atoms with van der Waals surface area (Å²) in [4.78, 5) is 11.6. The Morgan fingerprint density at radius 1 is 0.783 bits per heavy atom. The first-order valence-electron chi connectivity index (χ1n) is 9.71. The highest BCUT2D eigenvalue weighted by atomic mass is 16.5. The smallest absolute Gasteiger partial charge is 0.305 e. The Morgan fingerprint density at radius 2 is 1.30 bits per heavy atom. The van der Waals surface area contributed by atoms with E-state index in [0.717, 1.165) is 63.4 Å². The fourth-order valence-corrected chi connectivity index (χ4v) is 3.10. The third-order valence-electron chi connectivity index (χ3n) is 4.73. The van der Waals surface area contributed by atoms with Crippen LogP contribution in [-0.4, -0.2) is 23.8 Å². The molecular formula is C20H36O3. The first kappa shape index (κ1) is 20.2. The Hall–Kier alpha value is -0.830. The van der Waals surface area contributed by atoms with E-state index >= 15 is 0 Å². The molecule has 1 atom stereocenters. The zero-order valence-electron chi connectivity index (χ0n) is 14.9. The Kier molecular flexibility index (Phi) is 11.9. The Labute approximate surface area is 142 Å². The van der Waals surface area contributed by atoms with Gasteiger partial charge in [0.15, 0.2) is 0 Å². The van der Waals surface area contributed by atoms with Crippen LogP contribution in [-0.2, 0) is 9.53 Å². The topological polar surface area (TPSA) is 46.5 Å². The van der Waals surface area contributed by atoms with Gasteiger partial charge in [-0.1, -0.05) is 64.4 Å². The van der Waals surface area contributed by atoms with Crippen LogP contribution in [0.4, 0.5) is 0 Å². The van der Waals surface area contributed by atoms with E-state index in [9.17, 15) is 9.90 Å². The molecule has 23 heavy (non-hydrogen) atoms. The summed E-state index contributed by atoms with van der Waals surface area (Å²) in [6.07, 6.45) is 15.6. The average molecular weight is 325 g/mol. The van der Waals surface area contributed by atoms with Crippen molar-refractivity contribution >= 4 is 5.97 Å². The van der Waals surface area contributed by atoms with Crippen LogP contribution >= 0.6 is 0 Å². The number of cyclic esters (lactones) is 1. The number of carbonyl (C=O) groups is 1. The molecule has 0 amide bonds. The summed E-state index contributed by atoms with van der Waals surface area (Å²) in [5.74, 6) is -0.0268. The van der Waals surface area contributed by atoms with Crippen LogP contribution < -0.4 is 0 Å². The van der Waals surface area contributed by atoms with Gasteiger partial charge >= 0.3 is 5.97 Å². The Balaban J connectivity index is 2.25. The van der Waals surface area contributed by atoms with Gasteiger partial charge in [-0.25, -0.2) is 0 Å². The largest absolute Gasteiger partial charge is 0.466 e. The molecule has 1 saturated heterocycles. The van der Waals surface area contributed by atoms with Gasteiger partial charge in [0.2, 0.25) is 0 Å². The normalized spacial score (nSPS) is 25.5. The molecule has 1 aliphatic rings. The summed E-state index contributed by atoms with van der Waals surface area (Å²) >= 11 is 0. The number of hydrogen-bond acceptors (Lipinski definition) is 3. The molecule has 0 spiro atoms. The first-order chi connectivity index (χ1) is 11.2. The lowest BCUT2D eigenvalue weighted by atomic mass is 9.98. The molecule has 1 heterocycles. The van der Waals surface area contributed by atoms with Gasteiger partial charge in [0.05, 0.1) is 12.7 Å². The SMILES string of the molecule is C=C1CCCCCCCCOC(=O)CCCCCCCCC1O. The Morgan fingerprint density at radius 3 is 2.00 bits per heavy atom. The van der Waals surface area contributed by atoms with Crippen LogP contribution in [0.1, 0.15) is 96.3 Å². The fraction of sp³-hybridized carbons (Fsp3) is 0.850. The van der Waals surface area contributed by atoms with E-state index in [4.69, 9.17) is 4.74 Å². The summed E-state index contributed by atoms with van der Waals surface area (Å²) in [5, 5.41) is 10.1. The number of rotatable bonds is 0. The molecular weight excluding hydrogens is 288 g/mol. The molecule has 1 aliphatic heterocycles. The van der Waals surface area contributed by atoms with Gasteiger partial charge in [0, 0.05) is 6.42 Å². The van der Waals surface area contributed by atoms with Crippen LogP contribution in [0.2, 0.25) is 0 Å². The maximum atomic E-state index is 11.6. The molecule has 1 fully saturated rings. The number of esters is 1. The number of aliphatic hydroxyl groups excluding tert-OH is 1. The third kappa shape index (κ3) is 11.4. The van der Waals surface area contributed by atoms with Crippen LogP contribution in [0.25, 0.3) is 0 Å². The maximum absolute atomic E-state index is 11.6. The molecule has 0 saturated carbocycles. The number of carbonyl (C=O) groups excluding carboxylic acids is 1. The van der Waals surface area contributed by atoms with E-state index in [-0.39, 0.29) is 12.1 Å². The van der Waals surface area contributed by atoms with E-state index in [1.165, 1.54) is 32.1 Å². The monoisotopic (exact) mass is 324 g/mol. The molecule has 0 radical (unpaired) electrons. The van der Waals surface area contributed by atoms with Gasteiger partial charge in [-0.3, -0.25) is 4.79 Å². The molecule has 3 heteroatoms. The summed E-state index contributed by atoms with van der Waals surface area (Å²) < 4.78 is 5.27. The molecule has 134 valence electrons. The van der Waals surface area contributed by atoms with Crippen molar-refractivity contribution in [3.05, 3.63) is 12.2 Å². The van der Waals surface area contributed by atoms with Gasteiger partial charge in [-0.05, 0) is 37.7 Å². The van der Waals surface area contributed by atoms with Gasteiger partial charge in [-0.2, -0.15) is 0 Å². The summed E-state index contributed by atoms with van der Waals surface area (Å²) in [5.41, 5.74) is 1.02. The number of hydrogen-bond donors (Lipinski definition) is 1. The van der Waals surface area contributed by atoms with Crippen molar-refractivity contribution in [1.29, 1.82) is 0 Å². The lowest BCUT2D eigenvalue weighted by Crippen LogP contribution is -2.09. The standard InChI is InChI=1S/C20H36O3/c1-18-14-10-6-4-5-9-13-17-23-20(22)16-12-8-3-2-7-11-15-19(18)21/h19,21H,1-17H2.